The van der Waals surface area contributed by atoms with Crippen LogP contribution in [0.2, 0.25) is 0 Å². The molecule has 0 aromatic rings. The molecule has 0 N–H and O–H groups in total. The maximum absolute atomic E-state index is 14.7. The lowest BCUT2D eigenvalue weighted by Crippen LogP contribution is -2.54. The highest BCUT2D eigenvalue weighted by Gasteiger charge is 2.48. The normalized spacial score (nSPS) is 29.6. The fourth-order valence-electron chi connectivity index (χ4n) is 10.9. The molecule has 0 aromatic carbocycles. The highest BCUT2D eigenvalue weighted by Crippen LogP contribution is 2.31. The predicted molar refractivity (Wildman–Crippen MR) is 304 cm³/mol. The van der Waals surface area contributed by atoms with E-state index in [4.69, 9.17) is 41.3 Å². The topological polar surface area (TPSA) is 239 Å². The lowest BCUT2D eigenvalue weighted by atomic mass is 9.95. The zero-order valence-electron chi connectivity index (χ0n) is 51.8. The van der Waals surface area contributed by atoms with Gasteiger partial charge < -0.3 is 48.0 Å². The number of nitrogens with zero attached hydrogens (tertiary/aromatic N) is 4. The van der Waals surface area contributed by atoms with Gasteiger partial charge in [0.25, 0.3) is 11.8 Å². The van der Waals surface area contributed by atoms with Gasteiger partial charge in [0, 0.05) is 63.7 Å². The Morgan fingerprint density at radius 2 is 0.768 bits per heavy atom. The molecule has 20 heteroatoms. The number of cyclic esters (lactones) is 6. The molecule has 3 saturated heterocycles. The molecule has 82 heavy (non-hydrogen) atoms. The number of fused-ring (bicyclic) bond motifs is 2. The third kappa shape index (κ3) is 17.9. The maximum Gasteiger partial charge on any atom is 0.348 e. The average molecular weight is 1150 g/mol. The monoisotopic (exact) mass is 1150 g/mol. The van der Waals surface area contributed by atoms with Crippen LogP contribution in [-0.4, -0.2) is 167 Å². The van der Waals surface area contributed by atoms with Crippen molar-refractivity contribution in [1.29, 1.82) is 0 Å². The van der Waals surface area contributed by atoms with Crippen LogP contribution in [0.1, 0.15) is 174 Å². The molecule has 20 nitrogen and oxygen atoms in total. The first-order valence-corrected chi connectivity index (χ1v) is 29.8. The number of ether oxygens (including phenoxy) is 6. The van der Waals surface area contributed by atoms with Gasteiger partial charge in [-0.05, 0) is 76.0 Å². The van der Waals surface area contributed by atoms with Gasteiger partial charge in [0.15, 0.2) is 12.2 Å². The lowest BCUT2D eigenvalue weighted by Gasteiger charge is -2.36. The highest BCUT2D eigenvalue weighted by molar-refractivity contribution is 5.93. The van der Waals surface area contributed by atoms with Crippen LogP contribution >= 0.6 is 0 Å². The minimum absolute atomic E-state index is 0.111. The molecule has 0 aromatic heterocycles. The van der Waals surface area contributed by atoms with Crippen LogP contribution in [0.25, 0.3) is 0 Å². The van der Waals surface area contributed by atoms with Gasteiger partial charge in [0.1, 0.15) is 36.4 Å². The van der Waals surface area contributed by atoms with Crippen LogP contribution < -0.4 is 0 Å². The Bertz CT molecular complexity index is 2160. The summed E-state index contributed by atoms with van der Waals surface area (Å²) in [5.74, 6) is -8.72. The first kappa shape index (κ1) is 70.1. The van der Waals surface area contributed by atoms with Gasteiger partial charge in [0.2, 0.25) is 24.0 Å². The molecule has 0 unspecified atom stereocenters. The zero-order valence-corrected chi connectivity index (χ0v) is 51.8. The Morgan fingerprint density at radius 1 is 0.451 bits per heavy atom. The van der Waals surface area contributed by atoms with Gasteiger partial charge in [-0.3, -0.25) is 19.2 Å². The summed E-state index contributed by atoms with van der Waals surface area (Å²) in [7, 11) is 2.82. The number of amides is 4. The van der Waals surface area contributed by atoms with Gasteiger partial charge in [-0.1, -0.05) is 96.9 Å². The fourth-order valence-corrected chi connectivity index (χ4v) is 10.9. The molecule has 0 bridgehead atoms. The van der Waals surface area contributed by atoms with Crippen molar-refractivity contribution in [3.8, 4) is 24.7 Å². The van der Waals surface area contributed by atoms with Crippen molar-refractivity contribution < 1.29 is 76.4 Å². The van der Waals surface area contributed by atoms with Gasteiger partial charge in [0.05, 0.1) is 11.8 Å². The van der Waals surface area contributed by atoms with Crippen LogP contribution in [0.3, 0.4) is 0 Å². The van der Waals surface area contributed by atoms with E-state index in [2.05, 4.69) is 11.8 Å². The third-order valence-corrected chi connectivity index (χ3v) is 16.4. The lowest BCUT2D eigenvalue weighted by molar-refractivity contribution is -0.185. The average Bonchev–Trinajstić information content (AvgIpc) is 4.14. The summed E-state index contributed by atoms with van der Waals surface area (Å²) in [6, 6.07) is -4.81. The summed E-state index contributed by atoms with van der Waals surface area (Å²) >= 11 is 0. The first-order valence-electron chi connectivity index (χ1n) is 29.8. The minimum atomic E-state index is -1.55. The van der Waals surface area contributed by atoms with Gasteiger partial charge >= 0.3 is 35.8 Å². The summed E-state index contributed by atoms with van der Waals surface area (Å²) < 4.78 is 36.3. The molecule has 0 radical (unpaired) electrons. The summed E-state index contributed by atoms with van der Waals surface area (Å²) in [5.41, 5.74) is 0. The highest BCUT2D eigenvalue weighted by atomic mass is 16.6. The van der Waals surface area contributed by atoms with Crippen LogP contribution in [0.5, 0.6) is 0 Å². The number of terminal acetylenes is 2. The molecule has 3 heterocycles. The van der Waals surface area contributed by atoms with E-state index in [1.54, 1.807) is 96.9 Å². The molecular formula is C62H96N4O16. The number of rotatable bonds is 14. The number of esters is 6. The van der Waals surface area contributed by atoms with Crippen molar-refractivity contribution in [3.05, 3.63) is 0 Å². The minimum Gasteiger partial charge on any atom is -0.460 e. The second-order valence-electron chi connectivity index (χ2n) is 24.1. The Balaban J connectivity index is 2.24. The van der Waals surface area contributed by atoms with Crippen molar-refractivity contribution in [2.75, 3.05) is 27.2 Å². The molecule has 3 rings (SSSR count). The van der Waals surface area contributed by atoms with Crippen molar-refractivity contribution in [2.45, 2.75) is 235 Å². The quantitative estimate of drug-likeness (QED) is 0.0761. The van der Waals surface area contributed by atoms with Gasteiger partial charge in [-0.15, -0.1) is 24.7 Å². The maximum atomic E-state index is 14.7. The molecule has 14 atom stereocenters. The van der Waals surface area contributed by atoms with Crippen molar-refractivity contribution in [3.63, 3.8) is 0 Å². The molecule has 460 valence electrons. The second-order valence-corrected chi connectivity index (χ2v) is 24.1. The van der Waals surface area contributed by atoms with Gasteiger partial charge in [-0.2, -0.15) is 0 Å². The standard InChI is InChI=1S/C62H96N4O16/c1-19-23-25-31-45-41(15)53(67)63(17)47(35(5)6)59(73)79-49(37(9)10)61(75)82-52(40(14)22-4)56(70)66-34-28-30-44(66)58(72)78-46(32-26-24-20-2)42(16)54(68)64(18)48(36(7)8)60(74)80-50(38(11)12)62(76)81-51(39(13)21-3)55(69)65-33-27-29-43(65)57(71)77-45/h1-2,35-52H,21-34H2,3-18H3/t39-,40-,41+,42+,43-,44+,45+,46+,47+,48+,49-,50-,51-,52-/m0/s1. The SMILES string of the molecule is C#CCCC[C@H]1OC(=O)[C@H]2CCCN2C(=O)[C@H]([C@@H](C)CC)OC(=O)[C@H](C(C)C)OC(=O)[C@@H](C(C)C)N(C)C(=O)[C@H](C)[C@@H](CCCC#C)OC(=O)[C@@H]2CCCN2C(=O)[C@H]([C@@H](C)CC)OC(=O)[C@H](C(C)C)OC(=O)[C@@H](C(C)C)N(C)C(=O)[C@@H]1C. The molecule has 3 aliphatic heterocycles. The Labute approximate surface area is 487 Å². The van der Waals surface area contributed by atoms with E-state index in [9.17, 15) is 47.9 Å². The van der Waals surface area contributed by atoms with Crippen molar-refractivity contribution in [1.82, 2.24) is 19.6 Å². The smallest absolute Gasteiger partial charge is 0.348 e. The van der Waals surface area contributed by atoms with Crippen LogP contribution in [0.15, 0.2) is 0 Å². The molecule has 0 aliphatic carbocycles. The van der Waals surface area contributed by atoms with Crippen molar-refractivity contribution in [2.24, 2.45) is 47.3 Å². The van der Waals surface area contributed by atoms with Gasteiger partial charge in [-0.25, -0.2) is 28.8 Å². The number of hydrogen-bond acceptors (Lipinski definition) is 16. The third-order valence-electron chi connectivity index (χ3n) is 16.4. The van der Waals surface area contributed by atoms with E-state index in [1.165, 1.54) is 33.7 Å². The molecule has 0 spiro atoms. The van der Waals surface area contributed by atoms with E-state index < -0.39 is 168 Å². The second kappa shape index (κ2) is 32.6. The molecule has 4 amide bonds. The van der Waals surface area contributed by atoms with Crippen LogP contribution in [0.4, 0.5) is 0 Å². The van der Waals surface area contributed by atoms with E-state index >= 15 is 0 Å². The van der Waals surface area contributed by atoms with Crippen LogP contribution in [-0.2, 0) is 76.4 Å². The zero-order chi connectivity index (χ0) is 62.0. The number of unbranched alkanes of at least 4 members (excludes halogenated alkanes) is 2. The number of carbonyl (C=O) groups is 10. The largest absolute Gasteiger partial charge is 0.460 e. The van der Waals surface area contributed by atoms with E-state index in [1.807, 2.05) is 0 Å². The summed E-state index contributed by atoms with van der Waals surface area (Å²) in [5, 5.41) is 0. The number of likely N-dealkylation sites (N-methyl/N-ethyl adjacent to an activating group) is 2. The summed E-state index contributed by atoms with van der Waals surface area (Å²) in [4.78, 5) is 150. The molecular weight excluding hydrogens is 1060 g/mol. The Hall–Kier alpha value is -6.18. The Morgan fingerprint density at radius 3 is 1.05 bits per heavy atom. The fraction of sp³-hybridized carbons (Fsp3) is 0.774. The summed E-state index contributed by atoms with van der Waals surface area (Å²) in [6.45, 7) is 23.7. The first-order chi connectivity index (χ1) is 38.5. The van der Waals surface area contributed by atoms with E-state index in [-0.39, 0.29) is 51.6 Å². The van der Waals surface area contributed by atoms with E-state index in [0.717, 1.165) is 0 Å². The van der Waals surface area contributed by atoms with Crippen molar-refractivity contribution >= 4 is 59.4 Å². The number of hydrogen-bond donors (Lipinski definition) is 0. The Kier molecular flexibility index (Phi) is 27.9. The van der Waals surface area contributed by atoms with Crippen LogP contribution in [0, 0.1) is 72.0 Å². The molecule has 3 fully saturated rings. The summed E-state index contributed by atoms with van der Waals surface area (Å²) in [6.07, 6.45) is 6.55. The predicted octanol–water partition coefficient (Wildman–Crippen LogP) is 6.70. The molecule has 0 saturated carbocycles. The number of carbonyl (C=O) groups excluding carboxylic acids is 10. The van der Waals surface area contributed by atoms with E-state index in [0.29, 0.717) is 38.5 Å². The molecule has 3 aliphatic rings.